The lowest BCUT2D eigenvalue weighted by atomic mass is 9.94. The van der Waals surface area contributed by atoms with Crippen molar-refractivity contribution in [2.75, 3.05) is 0 Å². The summed E-state index contributed by atoms with van der Waals surface area (Å²) < 4.78 is 4.83. The van der Waals surface area contributed by atoms with Crippen LogP contribution in [0.3, 0.4) is 0 Å². The van der Waals surface area contributed by atoms with Crippen molar-refractivity contribution in [1.82, 2.24) is 19.1 Å². The Labute approximate surface area is 231 Å². The summed E-state index contributed by atoms with van der Waals surface area (Å²) in [5.74, 6) is 1.95. The molecule has 0 fully saturated rings. The van der Waals surface area contributed by atoms with Crippen LogP contribution >= 0.6 is 0 Å². The lowest BCUT2D eigenvalue weighted by Gasteiger charge is -2.16. The van der Waals surface area contributed by atoms with Crippen LogP contribution in [0.25, 0.3) is 66.2 Å². The van der Waals surface area contributed by atoms with Gasteiger partial charge in [-0.2, -0.15) is 0 Å². The quantitative estimate of drug-likeness (QED) is 0.231. The third-order valence-electron chi connectivity index (χ3n) is 8.69. The van der Waals surface area contributed by atoms with Gasteiger partial charge >= 0.3 is 0 Å². The van der Waals surface area contributed by atoms with Gasteiger partial charge in [-0.3, -0.25) is 9.13 Å². The van der Waals surface area contributed by atoms with Crippen molar-refractivity contribution < 1.29 is 0 Å². The predicted molar refractivity (Wildman–Crippen MR) is 165 cm³/mol. The summed E-state index contributed by atoms with van der Waals surface area (Å²) in [6.45, 7) is 0. The maximum Gasteiger partial charge on any atom is 0.138 e. The van der Waals surface area contributed by atoms with Crippen molar-refractivity contribution in [3.8, 4) is 11.6 Å². The zero-order valence-corrected chi connectivity index (χ0v) is 22.0. The molecule has 0 bridgehead atoms. The average molecular weight is 515 g/mol. The Hall–Kier alpha value is -4.96. The standard InChI is InChI=1S/C36H26N4/c1-5-13-28-23(9-1)17-21-33(37-28)39-31-16-8-4-12-27(31)35-32(39)20-19-26-25-11-3-7-15-30(25)40(36(26)35)34-22-18-24-10-2-6-14-29(24)38-34/h1-3,5-7,9-11,13-15,17-22H,4,8,12,16H2. The highest BCUT2D eigenvalue weighted by Crippen LogP contribution is 2.42. The SMILES string of the molecule is c1ccc2nc(-n3c4c(c5c3ccc3c6ccccc6n(-c6ccc7ccccc7n6)c35)CCCC4)ccc2c1. The first-order valence-corrected chi connectivity index (χ1v) is 14.2. The normalized spacial score (nSPS) is 13.6. The topological polar surface area (TPSA) is 35.6 Å². The van der Waals surface area contributed by atoms with Gasteiger partial charge in [0.1, 0.15) is 11.6 Å². The van der Waals surface area contributed by atoms with Gasteiger partial charge in [0.05, 0.1) is 27.6 Å². The summed E-state index contributed by atoms with van der Waals surface area (Å²) in [5, 5.41) is 6.20. The van der Waals surface area contributed by atoms with Gasteiger partial charge in [0.2, 0.25) is 0 Å². The van der Waals surface area contributed by atoms with Gasteiger partial charge in [-0.25, -0.2) is 9.97 Å². The lowest BCUT2D eigenvalue weighted by molar-refractivity contribution is 0.665. The summed E-state index contributed by atoms with van der Waals surface area (Å²) in [4.78, 5) is 10.3. The van der Waals surface area contributed by atoms with Crippen LogP contribution in [-0.2, 0) is 12.8 Å². The molecule has 0 atom stereocenters. The van der Waals surface area contributed by atoms with Crippen molar-refractivity contribution in [3.63, 3.8) is 0 Å². The smallest absolute Gasteiger partial charge is 0.138 e. The highest BCUT2D eigenvalue weighted by molar-refractivity contribution is 6.19. The molecule has 1 aliphatic rings. The number of hydrogen-bond acceptors (Lipinski definition) is 2. The Morgan fingerprint density at radius 1 is 0.500 bits per heavy atom. The lowest BCUT2D eigenvalue weighted by Crippen LogP contribution is -2.08. The second-order valence-corrected chi connectivity index (χ2v) is 10.9. The van der Waals surface area contributed by atoms with Crippen LogP contribution < -0.4 is 0 Å². The van der Waals surface area contributed by atoms with E-state index in [2.05, 4.69) is 118 Å². The maximum atomic E-state index is 5.18. The number of benzene rings is 4. The minimum absolute atomic E-state index is 0.957. The highest BCUT2D eigenvalue weighted by Gasteiger charge is 2.26. The first-order chi connectivity index (χ1) is 19.8. The molecule has 4 nitrogen and oxygen atoms in total. The van der Waals surface area contributed by atoms with Crippen molar-refractivity contribution in [3.05, 3.63) is 120 Å². The molecule has 4 aromatic carbocycles. The van der Waals surface area contributed by atoms with Crippen molar-refractivity contribution >= 4 is 54.5 Å². The third kappa shape index (κ3) is 3.02. The monoisotopic (exact) mass is 514 g/mol. The second kappa shape index (κ2) is 8.27. The summed E-state index contributed by atoms with van der Waals surface area (Å²) in [6, 6.07) is 38.9. The van der Waals surface area contributed by atoms with E-state index in [9.17, 15) is 0 Å². The fraction of sp³-hybridized carbons (Fsp3) is 0.111. The van der Waals surface area contributed by atoms with Gasteiger partial charge < -0.3 is 0 Å². The van der Waals surface area contributed by atoms with Crippen LogP contribution in [0.2, 0.25) is 0 Å². The first kappa shape index (κ1) is 21.9. The fourth-order valence-corrected chi connectivity index (χ4v) is 6.94. The van der Waals surface area contributed by atoms with Gasteiger partial charge in [-0.1, -0.05) is 60.7 Å². The van der Waals surface area contributed by atoms with Gasteiger partial charge in [-0.15, -0.1) is 0 Å². The summed E-state index contributed by atoms with van der Waals surface area (Å²) >= 11 is 0. The van der Waals surface area contributed by atoms with Crippen molar-refractivity contribution in [2.24, 2.45) is 0 Å². The van der Waals surface area contributed by atoms with E-state index in [0.717, 1.165) is 40.9 Å². The Bertz CT molecular complexity index is 2280. The summed E-state index contributed by atoms with van der Waals surface area (Å²) in [5.41, 5.74) is 8.58. The van der Waals surface area contributed by atoms with Crippen LogP contribution in [-0.4, -0.2) is 19.1 Å². The van der Waals surface area contributed by atoms with E-state index in [1.165, 1.54) is 62.2 Å². The van der Waals surface area contributed by atoms with E-state index >= 15 is 0 Å². The molecular formula is C36H26N4. The molecule has 8 aromatic rings. The molecule has 0 unspecified atom stereocenters. The van der Waals surface area contributed by atoms with Crippen LogP contribution in [0.15, 0.2) is 109 Å². The molecule has 0 saturated heterocycles. The molecule has 40 heavy (non-hydrogen) atoms. The zero-order valence-electron chi connectivity index (χ0n) is 22.0. The molecule has 0 radical (unpaired) electrons. The number of aromatic nitrogens is 4. The van der Waals surface area contributed by atoms with Gasteiger partial charge in [0.25, 0.3) is 0 Å². The largest absolute Gasteiger partial charge is 0.298 e. The molecule has 0 spiro atoms. The fourth-order valence-electron chi connectivity index (χ4n) is 6.94. The molecule has 4 heteroatoms. The molecule has 0 aliphatic heterocycles. The molecule has 4 aromatic heterocycles. The molecule has 0 N–H and O–H groups in total. The van der Waals surface area contributed by atoms with Gasteiger partial charge in [-0.05, 0) is 79.8 Å². The van der Waals surface area contributed by atoms with E-state index in [4.69, 9.17) is 9.97 Å². The Balaban J connectivity index is 1.44. The molecular weight excluding hydrogens is 488 g/mol. The number of aryl methyl sites for hydroxylation is 1. The molecule has 1 aliphatic carbocycles. The number of hydrogen-bond donors (Lipinski definition) is 0. The zero-order chi connectivity index (χ0) is 26.2. The molecule has 0 amide bonds. The van der Waals surface area contributed by atoms with E-state index < -0.39 is 0 Å². The number of fused-ring (bicyclic) bond motifs is 9. The Morgan fingerprint density at radius 3 is 1.93 bits per heavy atom. The second-order valence-electron chi connectivity index (χ2n) is 10.9. The molecule has 0 saturated carbocycles. The number of pyridine rings is 2. The maximum absolute atomic E-state index is 5.18. The Morgan fingerprint density at radius 2 is 1.15 bits per heavy atom. The molecule has 4 heterocycles. The predicted octanol–water partition coefficient (Wildman–Crippen LogP) is 8.70. The first-order valence-electron chi connectivity index (χ1n) is 14.2. The average Bonchev–Trinajstić information content (AvgIpc) is 3.53. The minimum Gasteiger partial charge on any atom is -0.298 e. The van der Waals surface area contributed by atoms with Crippen molar-refractivity contribution in [1.29, 1.82) is 0 Å². The highest BCUT2D eigenvalue weighted by atomic mass is 15.1. The Kier molecular flexibility index (Phi) is 4.53. The van der Waals surface area contributed by atoms with Gasteiger partial charge in [0, 0.05) is 32.6 Å². The van der Waals surface area contributed by atoms with E-state index in [0.29, 0.717) is 0 Å². The molecule has 9 rings (SSSR count). The van der Waals surface area contributed by atoms with Crippen molar-refractivity contribution in [2.45, 2.75) is 25.7 Å². The summed E-state index contributed by atoms with van der Waals surface area (Å²) in [7, 11) is 0. The number of nitrogens with zero attached hydrogens (tertiary/aromatic N) is 4. The van der Waals surface area contributed by atoms with E-state index in [1.54, 1.807) is 0 Å². The summed E-state index contributed by atoms with van der Waals surface area (Å²) in [6.07, 6.45) is 4.56. The van der Waals surface area contributed by atoms with Crippen LogP contribution in [0.4, 0.5) is 0 Å². The van der Waals surface area contributed by atoms with Crippen LogP contribution in [0.1, 0.15) is 24.1 Å². The van der Waals surface area contributed by atoms with Crippen LogP contribution in [0, 0.1) is 0 Å². The minimum atomic E-state index is 0.957. The van der Waals surface area contributed by atoms with E-state index in [1.807, 2.05) is 0 Å². The third-order valence-corrected chi connectivity index (χ3v) is 8.69. The number of para-hydroxylation sites is 3. The molecule has 190 valence electrons. The van der Waals surface area contributed by atoms with Crippen LogP contribution in [0.5, 0.6) is 0 Å². The number of rotatable bonds is 2. The van der Waals surface area contributed by atoms with E-state index in [-0.39, 0.29) is 0 Å². The van der Waals surface area contributed by atoms with Gasteiger partial charge in [0.15, 0.2) is 0 Å².